The van der Waals surface area contributed by atoms with Gasteiger partial charge in [-0.2, -0.15) is 0 Å². The summed E-state index contributed by atoms with van der Waals surface area (Å²) < 4.78 is 0. The summed E-state index contributed by atoms with van der Waals surface area (Å²) in [7, 11) is 0. The molecular formula is C70H96N2. The predicted molar refractivity (Wildman–Crippen MR) is 331 cm³/mol. The maximum absolute atomic E-state index is 2.41. The lowest BCUT2D eigenvalue weighted by molar-refractivity contribution is 1.20. The van der Waals surface area contributed by atoms with E-state index in [1.807, 2.05) is 138 Å². The highest BCUT2D eigenvalue weighted by Gasteiger charge is 2.26. The highest BCUT2D eigenvalue weighted by Crippen LogP contribution is 2.47. The number of benzene rings is 8. The summed E-state index contributed by atoms with van der Waals surface area (Å²) in [5.74, 6) is 0. The molecule has 0 heterocycles. The van der Waals surface area contributed by atoms with E-state index in [4.69, 9.17) is 0 Å². The molecule has 10 rings (SSSR count). The molecular weight excluding hydrogens is 869 g/mol. The molecule has 0 aromatic heterocycles. The number of rotatable bonds is 7. The van der Waals surface area contributed by atoms with Gasteiger partial charge in [-0.1, -0.05) is 272 Å². The minimum atomic E-state index is 0.939. The van der Waals surface area contributed by atoms with Crippen molar-refractivity contribution in [3.05, 3.63) is 216 Å². The van der Waals surface area contributed by atoms with Gasteiger partial charge in [0.1, 0.15) is 0 Å². The fraction of sp³-hybridized carbons (Fsp3) is 0.314. The summed E-state index contributed by atoms with van der Waals surface area (Å²) in [4.78, 5) is 4.82. The Morgan fingerprint density at radius 3 is 0.778 bits per heavy atom. The van der Waals surface area contributed by atoms with Gasteiger partial charge >= 0.3 is 0 Å². The third-order valence-corrected chi connectivity index (χ3v) is 10.7. The third kappa shape index (κ3) is 16.2. The van der Waals surface area contributed by atoms with E-state index in [1.54, 1.807) is 0 Å². The first-order valence-electron chi connectivity index (χ1n) is 28.1. The van der Waals surface area contributed by atoms with Crippen LogP contribution in [-0.4, -0.2) is 0 Å². The Labute approximate surface area is 442 Å². The highest BCUT2D eigenvalue weighted by atomic mass is 15.1. The second kappa shape index (κ2) is 39.0. The topological polar surface area (TPSA) is 6.48 Å². The molecule has 0 unspecified atom stereocenters. The first-order valence-corrected chi connectivity index (χ1v) is 28.1. The molecule has 8 aromatic carbocycles. The van der Waals surface area contributed by atoms with E-state index >= 15 is 0 Å². The fourth-order valence-corrected chi connectivity index (χ4v) is 8.31. The van der Waals surface area contributed by atoms with Crippen LogP contribution in [0, 0.1) is 0 Å². The minimum Gasteiger partial charge on any atom is -0.310 e. The Morgan fingerprint density at radius 2 is 0.472 bits per heavy atom. The van der Waals surface area contributed by atoms with Gasteiger partial charge in [-0.05, 0) is 116 Å². The normalized spacial score (nSPS) is 9.56. The molecule has 0 bridgehead atoms. The van der Waals surface area contributed by atoms with Crippen LogP contribution in [0.4, 0.5) is 34.1 Å². The van der Waals surface area contributed by atoms with Gasteiger partial charge in [0.25, 0.3) is 0 Å². The van der Waals surface area contributed by atoms with Crippen LogP contribution in [0.5, 0.6) is 0 Å². The molecule has 386 valence electrons. The summed E-state index contributed by atoms with van der Waals surface area (Å²) in [6.07, 6.45) is 1.88. The van der Waals surface area contributed by atoms with E-state index in [1.165, 1.54) is 67.0 Å². The lowest BCUT2D eigenvalue weighted by atomic mass is 10.0. The van der Waals surface area contributed by atoms with Gasteiger partial charge in [0.2, 0.25) is 0 Å². The number of hydrogen-bond acceptors (Lipinski definition) is 2. The largest absolute Gasteiger partial charge is 0.310 e. The molecule has 0 fully saturated rings. The number of nitrogens with zero attached hydrogens (tertiary/aromatic N) is 2. The van der Waals surface area contributed by atoms with Gasteiger partial charge in [0.15, 0.2) is 0 Å². The Bertz CT molecular complexity index is 2370. The third-order valence-electron chi connectivity index (χ3n) is 10.7. The van der Waals surface area contributed by atoms with Crippen molar-refractivity contribution >= 4 is 34.1 Å². The van der Waals surface area contributed by atoms with Crippen molar-refractivity contribution in [1.82, 2.24) is 0 Å². The summed E-state index contributed by atoms with van der Waals surface area (Å²) >= 11 is 0. The molecule has 8 aromatic rings. The first-order chi connectivity index (χ1) is 35.8. The monoisotopic (exact) mass is 965 g/mol. The molecule has 0 N–H and O–H groups in total. The fourth-order valence-electron chi connectivity index (χ4n) is 8.31. The SMILES string of the molecule is CC.CC.CC.CC.CC.CC.CC.CC.CC.CC.c1ccc(N(c2ccc(-c3ccc(N(c4ccccc4)c4cccc5c4Cc4ccccc4-5)cc3)cc2)c2cccc3c2Cc2ccccc2-3)cc1. The zero-order valence-electron chi connectivity index (χ0n) is 48.8. The van der Waals surface area contributed by atoms with Crippen molar-refractivity contribution in [2.75, 3.05) is 9.80 Å². The first kappa shape index (κ1) is 65.4. The van der Waals surface area contributed by atoms with Crippen LogP contribution in [0.2, 0.25) is 0 Å². The van der Waals surface area contributed by atoms with Crippen molar-refractivity contribution in [3.8, 4) is 33.4 Å². The van der Waals surface area contributed by atoms with Gasteiger partial charge < -0.3 is 9.80 Å². The van der Waals surface area contributed by atoms with Crippen LogP contribution < -0.4 is 9.80 Å². The molecule has 0 saturated heterocycles. The van der Waals surface area contributed by atoms with Gasteiger partial charge in [0, 0.05) is 35.6 Å². The van der Waals surface area contributed by atoms with Crippen LogP contribution in [0.1, 0.15) is 161 Å². The predicted octanol–water partition coefficient (Wildman–Crippen LogP) is 23.7. The van der Waals surface area contributed by atoms with Crippen LogP contribution in [0.15, 0.2) is 194 Å². The minimum absolute atomic E-state index is 0.939. The molecule has 2 aliphatic carbocycles. The Hall–Kier alpha value is -6.64. The average Bonchev–Trinajstić information content (AvgIpc) is 4.09. The number of para-hydroxylation sites is 2. The molecule has 0 atom stereocenters. The van der Waals surface area contributed by atoms with E-state index < -0.39 is 0 Å². The van der Waals surface area contributed by atoms with E-state index in [2.05, 4.69) is 204 Å². The summed E-state index contributed by atoms with van der Waals surface area (Å²) in [5.41, 5.74) is 20.3. The van der Waals surface area contributed by atoms with Crippen molar-refractivity contribution in [2.45, 2.75) is 151 Å². The van der Waals surface area contributed by atoms with E-state index in [0.717, 1.165) is 35.6 Å². The van der Waals surface area contributed by atoms with Crippen molar-refractivity contribution in [2.24, 2.45) is 0 Å². The lowest BCUT2D eigenvalue weighted by Crippen LogP contribution is -2.12. The van der Waals surface area contributed by atoms with Crippen LogP contribution in [0.25, 0.3) is 33.4 Å². The van der Waals surface area contributed by atoms with Crippen molar-refractivity contribution < 1.29 is 0 Å². The molecule has 0 amide bonds. The summed E-state index contributed by atoms with van der Waals surface area (Å²) in [5, 5.41) is 0. The second-order valence-electron chi connectivity index (χ2n) is 13.7. The van der Waals surface area contributed by atoms with E-state index in [9.17, 15) is 0 Å². The molecule has 0 radical (unpaired) electrons. The molecule has 0 saturated carbocycles. The Balaban J connectivity index is 0.00000227. The van der Waals surface area contributed by atoms with Gasteiger partial charge in [-0.15, -0.1) is 0 Å². The molecule has 72 heavy (non-hydrogen) atoms. The highest BCUT2D eigenvalue weighted by molar-refractivity contribution is 5.90. The van der Waals surface area contributed by atoms with E-state index in [0.29, 0.717) is 0 Å². The molecule has 2 heteroatoms. The smallest absolute Gasteiger partial charge is 0.0503 e. The standard InChI is InChI=1S/C50H36N2.10C2H6/c1-3-15-39(16-4-1)51(49-23-11-21-45-43-19-9-7-13-37(43)33-47(45)49)41-29-25-35(26-30-41)36-27-31-42(32-28-36)52(40-17-5-2-6-18-40)50-24-12-22-46-44-20-10-8-14-38(44)34-48(46)50;10*1-2/h1-32H,33-34H2;10*1-2H3. The number of fused-ring (bicyclic) bond motifs is 6. The molecule has 0 aliphatic heterocycles. The van der Waals surface area contributed by atoms with Crippen molar-refractivity contribution in [1.29, 1.82) is 0 Å². The molecule has 2 nitrogen and oxygen atoms in total. The number of anilines is 6. The maximum atomic E-state index is 2.41. The zero-order valence-corrected chi connectivity index (χ0v) is 48.8. The second-order valence-corrected chi connectivity index (χ2v) is 13.7. The molecule has 2 aliphatic rings. The summed E-state index contributed by atoms with van der Waals surface area (Å²) in [6.45, 7) is 40.0. The Kier molecular flexibility index (Phi) is 35.4. The summed E-state index contributed by atoms with van der Waals surface area (Å²) in [6, 6.07) is 70.6. The zero-order chi connectivity index (χ0) is 54.4. The molecule has 0 spiro atoms. The van der Waals surface area contributed by atoms with Crippen LogP contribution in [0.3, 0.4) is 0 Å². The van der Waals surface area contributed by atoms with Gasteiger partial charge in [-0.25, -0.2) is 0 Å². The van der Waals surface area contributed by atoms with Crippen LogP contribution in [-0.2, 0) is 12.8 Å². The van der Waals surface area contributed by atoms with E-state index in [-0.39, 0.29) is 0 Å². The number of hydrogen-bond donors (Lipinski definition) is 0. The lowest BCUT2D eigenvalue weighted by Gasteiger charge is -2.28. The van der Waals surface area contributed by atoms with Gasteiger partial charge in [0.05, 0.1) is 11.4 Å². The maximum Gasteiger partial charge on any atom is 0.0503 e. The quantitative estimate of drug-likeness (QED) is 0.157. The average molecular weight is 966 g/mol. The van der Waals surface area contributed by atoms with Gasteiger partial charge in [-0.3, -0.25) is 0 Å². The van der Waals surface area contributed by atoms with Crippen LogP contribution >= 0.6 is 0 Å². The van der Waals surface area contributed by atoms with Crippen molar-refractivity contribution in [3.63, 3.8) is 0 Å². The Morgan fingerprint density at radius 1 is 0.222 bits per heavy atom.